The van der Waals surface area contributed by atoms with Gasteiger partial charge in [-0.25, -0.2) is 0 Å². The van der Waals surface area contributed by atoms with Crippen molar-refractivity contribution in [3.63, 3.8) is 0 Å². The first-order valence-corrected chi connectivity index (χ1v) is 25.8. The van der Waals surface area contributed by atoms with Crippen molar-refractivity contribution in [3.8, 4) is 0 Å². The fourth-order valence-electron chi connectivity index (χ4n) is 7.99. The molecule has 0 unspecified atom stereocenters. The summed E-state index contributed by atoms with van der Waals surface area (Å²) in [6, 6.07) is 0. The summed E-state index contributed by atoms with van der Waals surface area (Å²) in [7, 11) is 4.23. The SMILES string of the molecule is CCCCCC(/C=C\COC(=O)CCCCCCCCCC(CCCCCCCCCC(=O)OC/C=C\C(CCCCC)CCCCC)OCCN(C)C)CCCCC. The fourth-order valence-corrected chi connectivity index (χ4v) is 7.99. The van der Waals surface area contributed by atoms with Gasteiger partial charge in [0.25, 0.3) is 0 Å². The first-order valence-electron chi connectivity index (χ1n) is 25.8. The van der Waals surface area contributed by atoms with Gasteiger partial charge in [0.1, 0.15) is 13.2 Å². The summed E-state index contributed by atoms with van der Waals surface area (Å²) in [5, 5.41) is 0. The molecule has 0 aliphatic heterocycles. The van der Waals surface area contributed by atoms with Crippen LogP contribution in [0.25, 0.3) is 0 Å². The molecule has 348 valence electrons. The third kappa shape index (κ3) is 42.8. The molecule has 0 aliphatic rings. The quantitative estimate of drug-likeness (QED) is 0.0346. The molecule has 0 radical (unpaired) electrons. The summed E-state index contributed by atoms with van der Waals surface area (Å²) >= 11 is 0. The van der Waals surface area contributed by atoms with Gasteiger partial charge in [0.2, 0.25) is 0 Å². The van der Waals surface area contributed by atoms with E-state index in [1.54, 1.807) is 0 Å². The van der Waals surface area contributed by atoms with Crippen LogP contribution in [0.15, 0.2) is 24.3 Å². The van der Waals surface area contributed by atoms with E-state index in [1.165, 1.54) is 167 Å². The van der Waals surface area contributed by atoms with Gasteiger partial charge in [0.05, 0.1) is 12.7 Å². The Labute approximate surface area is 368 Å². The second kappa shape index (κ2) is 45.9. The van der Waals surface area contributed by atoms with Crippen LogP contribution in [-0.4, -0.2) is 63.4 Å². The van der Waals surface area contributed by atoms with Crippen molar-refractivity contribution in [1.82, 2.24) is 4.90 Å². The zero-order valence-corrected chi connectivity index (χ0v) is 40.4. The largest absolute Gasteiger partial charge is 0.461 e. The highest BCUT2D eigenvalue weighted by Gasteiger charge is 2.11. The van der Waals surface area contributed by atoms with Crippen LogP contribution < -0.4 is 0 Å². The van der Waals surface area contributed by atoms with Gasteiger partial charge >= 0.3 is 11.9 Å². The Hall–Kier alpha value is -1.66. The maximum atomic E-state index is 12.3. The number of likely N-dealkylation sites (N-methyl/N-ethyl adjacent to an activating group) is 1. The molecule has 0 amide bonds. The number of allylic oxidation sites excluding steroid dienone is 2. The number of carbonyl (C=O) groups is 2. The molecule has 0 aromatic heterocycles. The van der Waals surface area contributed by atoms with Crippen LogP contribution >= 0.6 is 0 Å². The molecule has 6 heteroatoms. The van der Waals surface area contributed by atoms with Crippen LogP contribution in [0, 0.1) is 11.8 Å². The van der Waals surface area contributed by atoms with E-state index in [4.69, 9.17) is 14.2 Å². The monoisotopic (exact) mass is 832 g/mol. The molecule has 0 saturated carbocycles. The summed E-state index contributed by atoms with van der Waals surface area (Å²) in [4.78, 5) is 26.7. The standard InChI is InChI=1S/C53H101NO5/c1-7-11-25-35-49(36-26-12-8-2)39-33-46-58-52(55)43-31-23-19-15-17-21-29-41-51(57-48-45-54(5)6)42-30-22-18-16-20-24-32-44-53(56)59-47-34-40-50(37-27-13-9-3)38-28-14-10-4/h33-34,39-40,49-51H,7-32,35-38,41-48H2,1-6H3/b39-33-,40-34-. The molecular weight excluding hydrogens is 731 g/mol. The number of nitrogens with zero attached hydrogens (tertiary/aromatic N) is 1. The molecule has 6 nitrogen and oxygen atoms in total. The summed E-state index contributed by atoms with van der Waals surface area (Å²) < 4.78 is 17.4. The molecule has 59 heavy (non-hydrogen) atoms. The number of carbonyl (C=O) groups excluding carboxylic acids is 2. The first kappa shape index (κ1) is 57.3. The lowest BCUT2D eigenvalue weighted by atomic mass is 9.94. The van der Waals surface area contributed by atoms with E-state index in [2.05, 4.69) is 71.0 Å². The Bertz CT molecular complexity index is 860. The molecule has 0 aromatic carbocycles. The van der Waals surface area contributed by atoms with Gasteiger partial charge in [-0.15, -0.1) is 0 Å². The maximum absolute atomic E-state index is 12.3. The third-order valence-corrected chi connectivity index (χ3v) is 11.9. The summed E-state index contributed by atoms with van der Waals surface area (Å²) in [6.07, 6.45) is 49.7. The van der Waals surface area contributed by atoms with E-state index in [1.807, 2.05) is 0 Å². The number of hydrogen-bond acceptors (Lipinski definition) is 6. The lowest BCUT2D eigenvalue weighted by molar-refractivity contribution is -0.143. The van der Waals surface area contributed by atoms with Crippen molar-refractivity contribution in [1.29, 1.82) is 0 Å². The third-order valence-electron chi connectivity index (χ3n) is 11.9. The maximum Gasteiger partial charge on any atom is 0.306 e. The summed E-state index contributed by atoms with van der Waals surface area (Å²) in [6.45, 7) is 11.7. The molecule has 0 atom stereocenters. The second-order valence-corrected chi connectivity index (χ2v) is 18.0. The Morgan fingerprint density at radius 1 is 0.441 bits per heavy atom. The van der Waals surface area contributed by atoms with Crippen molar-refractivity contribution < 1.29 is 23.8 Å². The van der Waals surface area contributed by atoms with E-state index in [0.717, 1.165) is 51.7 Å². The molecule has 0 bridgehead atoms. The summed E-state index contributed by atoms with van der Waals surface area (Å²) in [5.74, 6) is 1.17. The number of hydrogen-bond donors (Lipinski definition) is 0. The highest BCUT2D eigenvalue weighted by molar-refractivity contribution is 5.69. The topological polar surface area (TPSA) is 65.1 Å². The van der Waals surface area contributed by atoms with E-state index < -0.39 is 0 Å². The molecule has 0 saturated heterocycles. The van der Waals surface area contributed by atoms with Crippen LogP contribution in [0.5, 0.6) is 0 Å². The molecule has 0 aromatic rings. The average Bonchev–Trinajstić information content (AvgIpc) is 3.22. The van der Waals surface area contributed by atoms with Crippen LogP contribution in [0.1, 0.15) is 246 Å². The number of ether oxygens (including phenoxy) is 3. The van der Waals surface area contributed by atoms with Gasteiger partial charge < -0.3 is 19.1 Å². The smallest absolute Gasteiger partial charge is 0.306 e. The van der Waals surface area contributed by atoms with Crippen molar-refractivity contribution in [2.75, 3.05) is 40.5 Å². The van der Waals surface area contributed by atoms with Gasteiger partial charge in [-0.1, -0.05) is 206 Å². The number of esters is 2. The fraction of sp³-hybridized carbons (Fsp3) is 0.887. The highest BCUT2D eigenvalue weighted by atomic mass is 16.5. The Kier molecular flexibility index (Phi) is 44.6. The van der Waals surface area contributed by atoms with Crippen molar-refractivity contribution in [2.45, 2.75) is 252 Å². The van der Waals surface area contributed by atoms with Crippen LogP contribution in [0.3, 0.4) is 0 Å². The number of rotatable bonds is 46. The molecule has 0 N–H and O–H groups in total. The minimum atomic E-state index is -0.0458. The van der Waals surface area contributed by atoms with Crippen molar-refractivity contribution in [2.24, 2.45) is 11.8 Å². The predicted molar refractivity (Wildman–Crippen MR) is 255 cm³/mol. The minimum Gasteiger partial charge on any atom is -0.461 e. The van der Waals surface area contributed by atoms with E-state index in [9.17, 15) is 9.59 Å². The van der Waals surface area contributed by atoms with E-state index in [0.29, 0.717) is 44.0 Å². The van der Waals surface area contributed by atoms with Gasteiger partial charge in [0.15, 0.2) is 0 Å². The second-order valence-electron chi connectivity index (χ2n) is 18.0. The Morgan fingerprint density at radius 2 is 0.763 bits per heavy atom. The zero-order valence-electron chi connectivity index (χ0n) is 40.4. The molecule has 0 heterocycles. The molecule has 0 fully saturated rings. The van der Waals surface area contributed by atoms with E-state index in [-0.39, 0.29) is 11.9 Å². The molecular formula is C53H101NO5. The Balaban J connectivity index is 4.05. The first-order chi connectivity index (χ1) is 28.9. The molecule has 0 aliphatic carbocycles. The minimum absolute atomic E-state index is 0.0458. The lowest BCUT2D eigenvalue weighted by Crippen LogP contribution is -2.22. The highest BCUT2D eigenvalue weighted by Crippen LogP contribution is 2.21. The van der Waals surface area contributed by atoms with Crippen molar-refractivity contribution >= 4 is 11.9 Å². The molecule has 0 spiro atoms. The number of unbranched alkanes of at least 4 members (excludes halogenated alkanes) is 20. The average molecular weight is 832 g/mol. The zero-order chi connectivity index (χ0) is 43.3. The van der Waals surface area contributed by atoms with Gasteiger partial charge in [-0.2, -0.15) is 0 Å². The Morgan fingerprint density at radius 3 is 1.10 bits per heavy atom. The summed E-state index contributed by atoms with van der Waals surface area (Å²) in [5.41, 5.74) is 0. The normalized spacial score (nSPS) is 12.1. The van der Waals surface area contributed by atoms with Gasteiger partial charge in [-0.05, 0) is 77.3 Å². The van der Waals surface area contributed by atoms with Gasteiger partial charge in [0, 0.05) is 19.4 Å². The lowest BCUT2D eigenvalue weighted by Gasteiger charge is -2.19. The van der Waals surface area contributed by atoms with Crippen molar-refractivity contribution in [3.05, 3.63) is 24.3 Å². The predicted octanol–water partition coefficient (Wildman–Crippen LogP) is 15.7. The van der Waals surface area contributed by atoms with Gasteiger partial charge in [-0.3, -0.25) is 9.59 Å². The molecule has 0 rings (SSSR count). The van der Waals surface area contributed by atoms with E-state index >= 15 is 0 Å². The van der Waals surface area contributed by atoms with Crippen LogP contribution in [0.4, 0.5) is 0 Å². The van der Waals surface area contributed by atoms with Crippen LogP contribution in [-0.2, 0) is 23.8 Å². The van der Waals surface area contributed by atoms with Crippen LogP contribution in [0.2, 0.25) is 0 Å².